The molecule has 2 rings (SSSR count). The minimum Gasteiger partial charge on any atom is -0.481 e. The van der Waals surface area contributed by atoms with Crippen molar-refractivity contribution in [2.45, 2.75) is 10.9 Å². The molecule has 0 aliphatic heterocycles. The second-order valence-corrected chi connectivity index (χ2v) is 5.77. The molecule has 0 fully saturated rings. The molecular formula is C14H12BrNO2S. The normalized spacial score (nSPS) is 12.1. The zero-order chi connectivity index (χ0) is 13.7. The maximum atomic E-state index is 11.4. The van der Waals surface area contributed by atoms with Gasteiger partial charge in [0.05, 0.1) is 5.92 Å². The molecule has 3 nitrogen and oxygen atoms in total. The fourth-order valence-corrected chi connectivity index (χ4v) is 3.23. The predicted octanol–water partition coefficient (Wildman–Crippen LogP) is 3.80. The standard InChI is InChI=1S/C14H12BrNO2S/c15-12-7-4-8-16-13(12)19-9-11(14(17)18)10-5-2-1-3-6-10/h1-8,11H,9H2,(H,17,18). The number of thioether (sulfide) groups is 1. The molecule has 1 aromatic carbocycles. The van der Waals surface area contributed by atoms with Gasteiger partial charge in [0.25, 0.3) is 0 Å². The molecule has 1 aromatic heterocycles. The smallest absolute Gasteiger partial charge is 0.311 e. The number of carbonyl (C=O) groups is 1. The van der Waals surface area contributed by atoms with E-state index in [4.69, 9.17) is 0 Å². The highest BCUT2D eigenvalue weighted by Gasteiger charge is 2.20. The van der Waals surface area contributed by atoms with Crippen LogP contribution >= 0.6 is 27.7 Å². The highest BCUT2D eigenvalue weighted by Crippen LogP contribution is 2.29. The van der Waals surface area contributed by atoms with Crippen LogP contribution in [0.15, 0.2) is 58.2 Å². The fraction of sp³-hybridized carbons (Fsp3) is 0.143. The Morgan fingerprint density at radius 3 is 2.63 bits per heavy atom. The van der Waals surface area contributed by atoms with E-state index in [-0.39, 0.29) is 0 Å². The van der Waals surface area contributed by atoms with E-state index in [2.05, 4.69) is 20.9 Å². The minimum absolute atomic E-state index is 0.453. The Kier molecular flexibility index (Phi) is 4.99. The molecule has 0 aliphatic rings. The van der Waals surface area contributed by atoms with E-state index in [1.807, 2.05) is 42.5 Å². The number of nitrogens with zero attached hydrogens (tertiary/aromatic N) is 1. The maximum Gasteiger partial charge on any atom is 0.311 e. The Morgan fingerprint density at radius 1 is 1.26 bits per heavy atom. The van der Waals surface area contributed by atoms with Crippen molar-refractivity contribution in [1.29, 1.82) is 0 Å². The molecule has 19 heavy (non-hydrogen) atoms. The van der Waals surface area contributed by atoms with Gasteiger partial charge in [0.1, 0.15) is 5.03 Å². The number of hydrogen-bond acceptors (Lipinski definition) is 3. The van der Waals surface area contributed by atoms with Gasteiger partial charge in [-0.25, -0.2) is 4.98 Å². The van der Waals surface area contributed by atoms with Gasteiger partial charge in [-0.3, -0.25) is 4.79 Å². The molecule has 2 aromatic rings. The molecule has 0 amide bonds. The number of hydrogen-bond donors (Lipinski definition) is 1. The van der Waals surface area contributed by atoms with E-state index in [0.29, 0.717) is 5.75 Å². The summed E-state index contributed by atoms with van der Waals surface area (Å²) in [4.78, 5) is 15.6. The van der Waals surface area contributed by atoms with E-state index in [9.17, 15) is 9.90 Å². The number of aromatic nitrogens is 1. The monoisotopic (exact) mass is 337 g/mol. The highest BCUT2D eigenvalue weighted by molar-refractivity contribution is 9.10. The lowest BCUT2D eigenvalue weighted by Crippen LogP contribution is -2.14. The highest BCUT2D eigenvalue weighted by atomic mass is 79.9. The summed E-state index contributed by atoms with van der Waals surface area (Å²) < 4.78 is 0.886. The van der Waals surface area contributed by atoms with Crippen LogP contribution in [0.2, 0.25) is 0 Å². The van der Waals surface area contributed by atoms with Crippen LogP contribution in [-0.4, -0.2) is 21.8 Å². The van der Waals surface area contributed by atoms with Crippen molar-refractivity contribution < 1.29 is 9.90 Å². The minimum atomic E-state index is -0.814. The van der Waals surface area contributed by atoms with Crippen LogP contribution in [0.4, 0.5) is 0 Å². The second kappa shape index (κ2) is 6.73. The molecule has 0 spiro atoms. The molecule has 0 bridgehead atoms. The van der Waals surface area contributed by atoms with Crippen molar-refractivity contribution >= 4 is 33.7 Å². The maximum absolute atomic E-state index is 11.4. The van der Waals surface area contributed by atoms with Crippen LogP contribution in [0.25, 0.3) is 0 Å². The van der Waals surface area contributed by atoms with Crippen LogP contribution in [-0.2, 0) is 4.79 Å². The van der Waals surface area contributed by atoms with Gasteiger partial charge in [-0.15, -0.1) is 11.8 Å². The van der Waals surface area contributed by atoms with E-state index < -0.39 is 11.9 Å². The number of pyridine rings is 1. The van der Waals surface area contributed by atoms with Crippen molar-refractivity contribution in [3.8, 4) is 0 Å². The lowest BCUT2D eigenvalue weighted by molar-refractivity contribution is -0.138. The van der Waals surface area contributed by atoms with Gasteiger partial charge in [-0.2, -0.15) is 0 Å². The summed E-state index contributed by atoms with van der Waals surface area (Å²) in [6.45, 7) is 0. The summed E-state index contributed by atoms with van der Waals surface area (Å²) in [5.41, 5.74) is 0.814. The van der Waals surface area contributed by atoms with Crippen LogP contribution in [0.5, 0.6) is 0 Å². The average Bonchev–Trinajstić information content (AvgIpc) is 2.42. The summed E-state index contributed by atoms with van der Waals surface area (Å²) in [5, 5.41) is 10.1. The number of carboxylic acid groups (broad SMARTS) is 1. The largest absolute Gasteiger partial charge is 0.481 e. The molecule has 0 saturated heterocycles. The first kappa shape index (κ1) is 14.1. The molecule has 0 saturated carbocycles. The van der Waals surface area contributed by atoms with Crippen molar-refractivity contribution in [3.63, 3.8) is 0 Å². The predicted molar refractivity (Wildman–Crippen MR) is 79.5 cm³/mol. The number of benzene rings is 1. The molecule has 98 valence electrons. The first-order chi connectivity index (χ1) is 9.18. The van der Waals surface area contributed by atoms with Crippen molar-refractivity contribution in [3.05, 3.63) is 58.7 Å². The molecule has 1 N–H and O–H groups in total. The quantitative estimate of drug-likeness (QED) is 0.843. The van der Waals surface area contributed by atoms with Crippen LogP contribution in [0.1, 0.15) is 11.5 Å². The van der Waals surface area contributed by atoms with Gasteiger partial charge in [-0.1, -0.05) is 30.3 Å². The summed E-state index contributed by atoms with van der Waals surface area (Å²) in [5.74, 6) is -0.888. The van der Waals surface area contributed by atoms with E-state index in [1.165, 1.54) is 11.8 Å². The molecule has 0 aliphatic carbocycles. The summed E-state index contributed by atoms with van der Waals surface area (Å²) in [7, 11) is 0. The Bertz CT molecular complexity index is 562. The topological polar surface area (TPSA) is 50.2 Å². The third-order valence-electron chi connectivity index (χ3n) is 2.61. The molecular weight excluding hydrogens is 326 g/mol. The Labute approximate surface area is 124 Å². The molecule has 1 unspecified atom stereocenters. The van der Waals surface area contributed by atoms with Gasteiger partial charge in [0.15, 0.2) is 0 Å². The zero-order valence-electron chi connectivity index (χ0n) is 9.99. The zero-order valence-corrected chi connectivity index (χ0v) is 12.4. The van der Waals surface area contributed by atoms with Gasteiger partial charge >= 0.3 is 5.97 Å². The second-order valence-electron chi connectivity index (χ2n) is 3.90. The molecule has 1 heterocycles. The average molecular weight is 338 g/mol. The molecule has 5 heteroatoms. The third-order valence-corrected chi connectivity index (χ3v) is 4.61. The lowest BCUT2D eigenvalue weighted by atomic mass is 10.0. The van der Waals surface area contributed by atoms with Gasteiger partial charge in [0, 0.05) is 16.4 Å². The summed E-state index contributed by atoms with van der Waals surface area (Å²) in [6, 6.07) is 13.0. The Balaban J connectivity index is 2.11. The van der Waals surface area contributed by atoms with Crippen LogP contribution in [0, 0.1) is 0 Å². The van der Waals surface area contributed by atoms with Crippen molar-refractivity contribution in [2.75, 3.05) is 5.75 Å². The number of carboxylic acids is 1. The molecule has 0 radical (unpaired) electrons. The number of rotatable bonds is 5. The third kappa shape index (κ3) is 3.81. The van der Waals surface area contributed by atoms with Crippen LogP contribution < -0.4 is 0 Å². The van der Waals surface area contributed by atoms with Crippen LogP contribution in [0.3, 0.4) is 0 Å². The van der Waals surface area contributed by atoms with Gasteiger partial charge < -0.3 is 5.11 Å². The fourth-order valence-electron chi connectivity index (χ4n) is 1.64. The first-order valence-electron chi connectivity index (χ1n) is 5.69. The SMILES string of the molecule is O=C(O)C(CSc1ncccc1Br)c1ccccc1. The number of aliphatic carboxylic acids is 1. The lowest BCUT2D eigenvalue weighted by Gasteiger charge is -2.12. The summed E-state index contributed by atoms with van der Waals surface area (Å²) in [6.07, 6.45) is 1.70. The van der Waals surface area contributed by atoms with E-state index in [0.717, 1.165) is 15.1 Å². The Morgan fingerprint density at radius 2 is 2.00 bits per heavy atom. The van der Waals surface area contributed by atoms with Crippen molar-refractivity contribution in [1.82, 2.24) is 4.98 Å². The van der Waals surface area contributed by atoms with E-state index in [1.54, 1.807) is 6.20 Å². The van der Waals surface area contributed by atoms with E-state index >= 15 is 0 Å². The van der Waals surface area contributed by atoms with Gasteiger partial charge in [0.2, 0.25) is 0 Å². The van der Waals surface area contributed by atoms with Gasteiger partial charge in [-0.05, 0) is 33.6 Å². The molecule has 1 atom stereocenters. The summed E-state index contributed by atoms with van der Waals surface area (Å²) >= 11 is 4.85. The first-order valence-corrected chi connectivity index (χ1v) is 7.47. The Hall–Kier alpha value is -1.33. The number of halogens is 1. The van der Waals surface area contributed by atoms with Crippen molar-refractivity contribution in [2.24, 2.45) is 0 Å².